The smallest absolute Gasteiger partial charge is 0.343 e. The van der Waals surface area contributed by atoms with Gasteiger partial charge in [0.25, 0.3) is 0 Å². The number of carbonyl (C=O) groups excluding carboxylic acids is 6. The SMILES string of the molecule is CCCCCC1CCC(C2CCC(C(=O)Oc3ccc(OC(=O)c4ccc(OCCCCCCCCOC(=O)CCC(=O)OCCCCCC(=O)OCCCCCCOc5ccc(C(=O)Oc6ccc(C)cc6)cc5)cc4)cc3)CC2)CC1. The molecule has 6 rings (SSSR count). The van der Waals surface area contributed by atoms with Crippen LogP contribution in [0.4, 0.5) is 0 Å². The van der Waals surface area contributed by atoms with Crippen molar-refractivity contribution in [2.45, 2.75) is 194 Å². The number of carbonyl (C=O) groups is 6. The van der Waals surface area contributed by atoms with E-state index in [0.717, 1.165) is 120 Å². The molecule has 0 saturated heterocycles. The fraction of sp³-hybridized carbons (Fsp3) is 0.565. The van der Waals surface area contributed by atoms with E-state index < -0.39 is 23.9 Å². The van der Waals surface area contributed by atoms with Crippen LogP contribution in [0.1, 0.15) is 213 Å². The number of benzene rings is 4. The van der Waals surface area contributed by atoms with Crippen molar-refractivity contribution in [3.63, 3.8) is 0 Å². The van der Waals surface area contributed by atoms with E-state index in [1.807, 2.05) is 19.1 Å². The molecule has 0 unspecified atom stereocenters. The molecule has 0 atom stereocenters. The Balaban J connectivity index is 0.667. The van der Waals surface area contributed by atoms with Gasteiger partial charge in [0, 0.05) is 6.42 Å². The lowest BCUT2D eigenvalue weighted by Crippen LogP contribution is -2.30. The number of hydrogen-bond donors (Lipinski definition) is 0. The van der Waals surface area contributed by atoms with Crippen LogP contribution in [0.3, 0.4) is 0 Å². The molecule has 452 valence electrons. The van der Waals surface area contributed by atoms with E-state index in [9.17, 15) is 28.8 Å². The molecule has 2 fully saturated rings. The van der Waals surface area contributed by atoms with E-state index in [4.69, 9.17) is 37.9 Å². The Labute approximate surface area is 493 Å². The summed E-state index contributed by atoms with van der Waals surface area (Å²) in [6.07, 6.45) is 26.2. The van der Waals surface area contributed by atoms with E-state index in [1.165, 1.54) is 51.4 Å². The van der Waals surface area contributed by atoms with Gasteiger partial charge in [0.05, 0.1) is 62.9 Å². The molecule has 0 aromatic heterocycles. The summed E-state index contributed by atoms with van der Waals surface area (Å²) in [6, 6.07) is 27.7. The van der Waals surface area contributed by atoms with Gasteiger partial charge in [-0.1, -0.05) is 88.8 Å². The third kappa shape index (κ3) is 26.2. The summed E-state index contributed by atoms with van der Waals surface area (Å²) in [6.45, 7) is 6.28. The van der Waals surface area contributed by atoms with Crippen molar-refractivity contribution in [1.29, 1.82) is 0 Å². The molecule has 4 aromatic rings. The summed E-state index contributed by atoms with van der Waals surface area (Å²) in [5.74, 6) is 2.94. The Kier molecular flexibility index (Phi) is 30.1. The zero-order valence-electron chi connectivity index (χ0n) is 49.6. The molecule has 4 aromatic carbocycles. The first kappa shape index (κ1) is 65.5. The monoisotopic (exact) mass is 1140 g/mol. The average Bonchev–Trinajstić information content (AvgIpc) is 3.53. The van der Waals surface area contributed by atoms with Crippen molar-refractivity contribution >= 4 is 35.8 Å². The molecule has 0 amide bonds. The number of ether oxygens (including phenoxy) is 8. The molecule has 0 bridgehead atoms. The number of esters is 6. The summed E-state index contributed by atoms with van der Waals surface area (Å²) in [5.41, 5.74) is 1.94. The number of hydrogen-bond acceptors (Lipinski definition) is 14. The highest BCUT2D eigenvalue weighted by atomic mass is 16.6. The highest BCUT2D eigenvalue weighted by Crippen LogP contribution is 2.43. The lowest BCUT2D eigenvalue weighted by atomic mass is 9.68. The second kappa shape index (κ2) is 38.2. The molecule has 2 aliphatic carbocycles. The molecule has 14 nitrogen and oxygen atoms in total. The Morgan fingerprint density at radius 2 is 0.747 bits per heavy atom. The van der Waals surface area contributed by atoms with Crippen molar-refractivity contribution in [2.24, 2.45) is 23.7 Å². The summed E-state index contributed by atoms with van der Waals surface area (Å²) >= 11 is 0. The van der Waals surface area contributed by atoms with E-state index in [-0.39, 0.29) is 37.3 Å². The van der Waals surface area contributed by atoms with Crippen LogP contribution in [0, 0.1) is 30.6 Å². The van der Waals surface area contributed by atoms with Crippen molar-refractivity contribution in [3.8, 4) is 28.7 Å². The normalized spacial score (nSPS) is 16.7. The predicted molar refractivity (Wildman–Crippen MR) is 319 cm³/mol. The van der Waals surface area contributed by atoms with Gasteiger partial charge in [0.2, 0.25) is 0 Å². The molecule has 0 radical (unpaired) electrons. The van der Waals surface area contributed by atoms with Gasteiger partial charge in [-0.3, -0.25) is 19.2 Å². The Morgan fingerprint density at radius 1 is 0.373 bits per heavy atom. The maximum absolute atomic E-state index is 13.1. The third-order valence-electron chi connectivity index (χ3n) is 16.0. The molecule has 0 aliphatic heterocycles. The van der Waals surface area contributed by atoms with Crippen molar-refractivity contribution in [1.82, 2.24) is 0 Å². The lowest BCUT2D eigenvalue weighted by Gasteiger charge is -2.37. The van der Waals surface area contributed by atoms with Gasteiger partial charge in [-0.05, 0) is 206 Å². The van der Waals surface area contributed by atoms with Gasteiger partial charge >= 0.3 is 35.8 Å². The Hall–Kier alpha value is -6.70. The highest BCUT2D eigenvalue weighted by Gasteiger charge is 2.33. The number of rotatable bonds is 38. The van der Waals surface area contributed by atoms with Gasteiger partial charge in [-0.2, -0.15) is 0 Å². The van der Waals surface area contributed by atoms with Crippen LogP contribution in [0.15, 0.2) is 97.1 Å². The second-order valence-corrected chi connectivity index (χ2v) is 22.6. The van der Waals surface area contributed by atoms with E-state index in [0.29, 0.717) is 85.6 Å². The van der Waals surface area contributed by atoms with Crippen LogP contribution >= 0.6 is 0 Å². The van der Waals surface area contributed by atoms with Crippen LogP contribution < -0.4 is 23.7 Å². The van der Waals surface area contributed by atoms with Gasteiger partial charge in [0.15, 0.2) is 0 Å². The van der Waals surface area contributed by atoms with E-state index in [1.54, 1.807) is 84.9 Å². The van der Waals surface area contributed by atoms with Gasteiger partial charge in [0.1, 0.15) is 28.7 Å². The van der Waals surface area contributed by atoms with Crippen molar-refractivity contribution in [3.05, 3.63) is 114 Å². The molecule has 2 saturated carbocycles. The predicted octanol–water partition coefficient (Wildman–Crippen LogP) is 15.9. The van der Waals surface area contributed by atoms with Gasteiger partial charge < -0.3 is 37.9 Å². The summed E-state index contributed by atoms with van der Waals surface area (Å²) in [7, 11) is 0. The third-order valence-corrected chi connectivity index (χ3v) is 16.0. The van der Waals surface area contributed by atoms with Crippen LogP contribution in [0.5, 0.6) is 28.7 Å². The molecule has 0 heterocycles. The lowest BCUT2D eigenvalue weighted by molar-refractivity contribution is -0.150. The largest absolute Gasteiger partial charge is 0.494 e. The number of aryl methyl sites for hydroxylation is 1. The van der Waals surface area contributed by atoms with Crippen LogP contribution in [-0.4, -0.2) is 68.9 Å². The van der Waals surface area contributed by atoms with Crippen molar-refractivity contribution in [2.75, 3.05) is 33.0 Å². The topological polar surface area (TPSA) is 176 Å². The molecular formula is C69H92O14. The van der Waals surface area contributed by atoms with Crippen LogP contribution in [0.2, 0.25) is 0 Å². The quantitative estimate of drug-likeness (QED) is 0.0179. The minimum atomic E-state index is -0.488. The van der Waals surface area contributed by atoms with Crippen LogP contribution in [0.25, 0.3) is 0 Å². The molecule has 0 spiro atoms. The maximum atomic E-state index is 13.1. The Morgan fingerprint density at radius 3 is 1.20 bits per heavy atom. The summed E-state index contributed by atoms with van der Waals surface area (Å²) < 4.78 is 44.4. The maximum Gasteiger partial charge on any atom is 0.343 e. The molecule has 0 N–H and O–H groups in total. The zero-order valence-corrected chi connectivity index (χ0v) is 49.6. The first-order chi connectivity index (χ1) is 40.5. The van der Waals surface area contributed by atoms with Gasteiger partial charge in [-0.15, -0.1) is 0 Å². The minimum Gasteiger partial charge on any atom is -0.494 e. The molecule has 83 heavy (non-hydrogen) atoms. The van der Waals surface area contributed by atoms with Crippen LogP contribution in [-0.2, 0) is 33.4 Å². The molecule has 14 heteroatoms. The summed E-state index contributed by atoms with van der Waals surface area (Å²) in [4.78, 5) is 74.7. The minimum absolute atomic E-state index is 0.0217. The molecule has 2 aliphatic rings. The van der Waals surface area contributed by atoms with Gasteiger partial charge in [-0.25, -0.2) is 9.59 Å². The van der Waals surface area contributed by atoms with Crippen molar-refractivity contribution < 1.29 is 66.7 Å². The average molecular weight is 1150 g/mol. The number of unbranched alkanes of at least 4 members (excludes halogenated alkanes) is 12. The second-order valence-electron chi connectivity index (χ2n) is 22.6. The Bertz CT molecular complexity index is 2510. The summed E-state index contributed by atoms with van der Waals surface area (Å²) in [5, 5.41) is 0. The first-order valence-corrected chi connectivity index (χ1v) is 31.3. The molecular weight excluding hydrogens is 1050 g/mol. The standard InChI is InChI=1S/C69H92O14/c1-3-4-12-19-53-23-25-54(26-24-53)55-27-29-56(30-28-55)67(73)82-62-41-43-63(44-42-62)83-69(75)58-33-39-59(40-34-58)76-47-14-7-5-6-8-16-50-79-65(71)45-46-66(72)80-51-18-11-13-20-64(70)78-49-17-10-9-15-48-77-60-37-31-57(32-38-60)68(74)81-61-35-21-52(2)22-36-61/h21-22,31-44,53-56H,3-20,23-30,45-51H2,1-2H3. The van der Waals surface area contributed by atoms with E-state index >= 15 is 0 Å². The fourth-order valence-corrected chi connectivity index (χ4v) is 10.9. The van der Waals surface area contributed by atoms with E-state index in [2.05, 4.69) is 6.92 Å². The highest BCUT2D eigenvalue weighted by molar-refractivity contribution is 5.91. The zero-order chi connectivity index (χ0) is 58.7. The fourth-order valence-electron chi connectivity index (χ4n) is 10.9. The first-order valence-electron chi connectivity index (χ1n) is 31.3.